The summed E-state index contributed by atoms with van der Waals surface area (Å²) < 4.78 is 5.15. The van der Waals surface area contributed by atoms with Crippen LogP contribution in [0.5, 0.6) is 0 Å². The van der Waals surface area contributed by atoms with Gasteiger partial charge >= 0.3 is 5.97 Å². The van der Waals surface area contributed by atoms with Crippen molar-refractivity contribution in [2.75, 3.05) is 0 Å². The highest BCUT2D eigenvalue weighted by Gasteiger charge is 2.13. The van der Waals surface area contributed by atoms with Crippen LogP contribution in [0.25, 0.3) is 0 Å². The fraction of sp³-hybridized carbons (Fsp3) is 0.417. The largest absolute Gasteiger partial charge is 0.461 e. The molecule has 0 bridgehead atoms. The first-order chi connectivity index (χ1) is 7.49. The first-order valence-corrected chi connectivity index (χ1v) is 5.57. The van der Waals surface area contributed by atoms with Crippen LogP contribution in [0.1, 0.15) is 19.4 Å². The predicted octanol–water partition coefficient (Wildman–Crippen LogP) is 2.16. The maximum atomic E-state index is 11.2. The van der Waals surface area contributed by atoms with E-state index in [9.17, 15) is 4.79 Å². The molecule has 88 valence electrons. The fourth-order valence-corrected chi connectivity index (χ4v) is 1.43. The van der Waals surface area contributed by atoms with Crippen LogP contribution >= 0.6 is 11.6 Å². The Morgan fingerprint density at radius 1 is 1.38 bits per heavy atom. The second kappa shape index (κ2) is 5.87. The van der Waals surface area contributed by atoms with Crippen molar-refractivity contribution in [2.24, 2.45) is 5.73 Å². The summed E-state index contributed by atoms with van der Waals surface area (Å²) in [7, 11) is 0. The van der Waals surface area contributed by atoms with E-state index in [0.717, 1.165) is 5.56 Å². The summed E-state index contributed by atoms with van der Waals surface area (Å²) in [6.45, 7) is 3.45. The van der Waals surface area contributed by atoms with E-state index >= 15 is 0 Å². The van der Waals surface area contributed by atoms with E-state index in [1.54, 1.807) is 6.92 Å². The highest BCUT2D eigenvalue weighted by Crippen LogP contribution is 2.12. The van der Waals surface area contributed by atoms with E-state index in [1.807, 2.05) is 31.2 Å². The molecule has 4 heteroatoms. The van der Waals surface area contributed by atoms with E-state index in [-0.39, 0.29) is 12.1 Å². The molecule has 1 aromatic rings. The number of carbonyl (C=O) groups excluding carboxylic acids is 1. The predicted molar refractivity (Wildman–Crippen MR) is 64.4 cm³/mol. The Hall–Kier alpha value is -1.06. The Morgan fingerprint density at radius 3 is 2.44 bits per heavy atom. The molecule has 2 N–H and O–H groups in total. The van der Waals surface area contributed by atoms with E-state index in [0.29, 0.717) is 11.4 Å². The molecule has 3 nitrogen and oxygen atoms in total. The Bertz CT molecular complexity index is 349. The Kier molecular flexibility index (Phi) is 4.77. The quantitative estimate of drug-likeness (QED) is 0.822. The van der Waals surface area contributed by atoms with Crippen LogP contribution in [0.3, 0.4) is 0 Å². The molecule has 0 spiro atoms. The number of nitrogens with two attached hydrogens (primary N) is 1. The second-order valence-corrected chi connectivity index (χ2v) is 4.30. The number of halogens is 1. The van der Waals surface area contributed by atoms with Crippen molar-refractivity contribution < 1.29 is 9.53 Å². The molecule has 1 rings (SSSR count). The highest BCUT2D eigenvalue weighted by atomic mass is 35.5. The van der Waals surface area contributed by atoms with E-state index < -0.39 is 6.04 Å². The van der Waals surface area contributed by atoms with Gasteiger partial charge in [-0.3, -0.25) is 4.79 Å². The standard InChI is InChI=1S/C12H16ClNO2/c1-8(16-12(15)9(2)14)7-10-3-5-11(13)6-4-10/h3-6,8-9H,7,14H2,1-2H3/t8?,9-/m0/s1. The molecule has 0 heterocycles. The third kappa shape index (κ3) is 4.21. The number of hydrogen-bond donors (Lipinski definition) is 1. The molecule has 0 radical (unpaired) electrons. The number of ether oxygens (including phenoxy) is 1. The van der Waals surface area contributed by atoms with Crippen molar-refractivity contribution in [3.05, 3.63) is 34.9 Å². The van der Waals surface area contributed by atoms with Gasteiger partial charge in [-0.2, -0.15) is 0 Å². The molecule has 0 saturated heterocycles. The number of carbonyl (C=O) groups is 1. The summed E-state index contributed by atoms with van der Waals surface area (Å²) in [5, 5.41) is 0.698. The average Bonchev–Trinajstić information content (AvgIpc) is 2.21. The summed E-state index contributed by atoms with van der Waals surface area (Å²) >= 11 is 5.77. The van der Waals surface area contributed by atoms with Crippen LogP contribution in [-0.4, -0.2) is 18.1 Å². The Morgan fingerprint density at radius 2 is 1.94 bits per heavy atom. The summed E-state index contributed by atoms with van der Waals surface area (Å²) in [6, 6.07) is 6.89. The van der Waals surface area contributed by atoms with Gasteiger partial charge in [0.05, 0.1) is 0 Å². The van der Waals surface area contributed by atoms with Crippen molar-refractivity contribution in [2.45, 2.75) is 32.4 Å². The minimum atomic E-state index is -0.576. The van der Waals surface area contributed by atoms with Crippen molar-refractivity contribution in [1.82, 2.24) is 0 Å². The van der Waals surface area contributed by atoms with Crippen LogP contribution in [0.2, 0.25) is 5.02 Å². The number of hydrogen-bond acceptors (Lipinski definition) is 3. The van der Waals surface area contributed by atoms with Crippen molar-refractivity contribution >= 4 is 17.6 Å². The van der Waals surface area contributed by atoms with Gasteiger partial charge in [-0.25, -0.2) is 0 Å². The van der Waals surface area contributed by atoms with Crippen LogP contribution in [0.4, 0.5) is 0 Å². The normalized spacial score (nSPS) is 14.2. The average molecular weight is 242 g/mol. The molecule has 0 aliphatic heterocycles. The van der Waals surface area contributed by atoms with Gasteiger partial charge in [0.25, 0.3) is 0 Å². The van der Waals surface area contributed by atoms with Crippen molar-refractivity contribution in [3.63, 3.8) is 0 Å². The van der Waals surface area contributed by atoms with Gasteiger partial charge in [-0.1, -0.05) is 23.7 Å². The van der Waals surface area contributed by atoms with E-state index in [4.69, 9.17) is 22.1 Å². The molecule has 16 heavy (non-hydrogen) atoms. The van der Waals surface area contributed by atoms with Crippen LogP contribution < -0.4 is 5.73 Å². The Labute approximate surface area is 101 Å². The van der Waals surface area contributed by atoms with Gasteiger partial charge < -0.3 is 10.5 Å². The van der Waals surface area contributed by atoms with Crippen LogP contribution in [-0.2, 0) is 16.0 Å². The molecule has 0 aliphatic rings. The minimum absolute atomic E-state index is 0.181. The lowest BCUT2D eigenvalue weighted by atomic mass is 10.1. The van der Waals surface area contributed by atoms with E-state index in [2.05, 4.69) is 0 Å². The fourth-order valence-electron chi connectivity index (χ4n) is 1.30. The summed E-state index contributed by atoms with van der Waals surface area (Å²) in [4.78, 5) is 11.2. The first-order valence-electron chi connectivity index (χ1n) is 5.19. The topological polar surface area (TPSA) is 52.3 Å². The maximum absolute atomic E-state index is 11.2. The molecule has 0 saturated carbocycles. The molecule has 0 aromatic heterocycles. The third-order valence-corrected chi connectivity index (χ3v) is 2.38. The number of rotatable bonds is 4. The lowest BCUT2D eigenvalue weighted by molar-refractivity contribution is -0.149. The summed E-state index contributed by atoms with van der Waals surface area (Å²) in [5.41, 5.74) is 6.48. The molecule has 1 unspecified atom stereocenters. The molecular formula is C12H16ClNO2. The monoisotopic (exact) mass is 241 g/mol. The first kappa shape index (κ1) is 13.0. The number of benzene rings is 1. The molecule has 0 aliphatic carbocycles. The third-order valence-electron chi connectivity index (χ3n) is 2.13. The van der Waals surface area contributed by atoms with Crippen molar-refractivity contribution in [1.29, 1.82) is 0 Å². The SMILES string of the molecule is CC(Cc1ccc(Cl)cc1)OC(=O)[C@H](C)N. The maximum Gasteiger partial charge on any atom is 0.322 e. The number of esters is 1. The van der Waals surface area contributed by atoms with Crippen LogP contribution in [0.15, 0.2) is 24.3 Å². The minimum Gasteiger partial charge on any atom is -0.461 e. The van der Waals surface area contributed by atoms with E-state index in [1.165, 1.54) is 0 Å². The molecular weight excluding hydrogens is 226 g/mol. The lowest BCUT2D eigenvalue weighted by Crippen LogP contribution is -2.32. The molecule has 0 fully saturated rings. The Balaban J connectivity index is 2.48. The lowest BCUT2D eigenvalue weighted by Gasteiger charge is -2.14. The smallest absolute Gasteiger partial charge is 0.322 e. The van der Waals surface area contributed by atoms with Gasteiger partial charge in [0.2, 0.25) is 0 Å². The zero-order chi connectivity index (χ0) is 12.1. The van der Waals surface area contributed by atoms with Crippen LogP contribution in [0, 0.1) is 0 Å². The summed E-state index contributed by atoms with van der Waals surface area (Å²) in [5.74, 6) is -0.374. The van der Waals surface area contributed by atoms with Gasteiger partial charge in [0, 0.05) is 11.4 Å². The molecule has 1 aromatic carbocycles. The van der Waals surface area contributed by atoms with Gasteiger partial charge in [0.1, 0.15) is 12.1 Å². The van der Waals surface area contributed by atoms with Gasteiger partial charge in [-0.05, 0) is 31.5 Å². The van der Waals surface area contributed by atoms with Gasteiger partial charge in [-0.15, -0.1) is 0 Å². The zero-order valence-electron chi connectivity index (χ0n) is 9.44. The second-order valence-electron chi connectivity index (χ2n) is 3.87. The molecule has 0 amide bonds. The molecule has 2 atom stereocenters. The summed E-state index contributed by atoms with van der Waals surface area (Å²) in [6.07, 6.45) is 0.481. The zero-order valence-corrected chi connectivity index (χ0v) is 10.2. The van der Waals surface area contributed by atoms with Gasteiger partial charge in [0.15, 0.2) is 0 Å². The highest BCUT2D eigenvalue weighted by molar-refractivity contribution is 6.30. The van der Waals surface area contributed by atoms with Crippen molar-refractivity contribution in [3.8, 4) is 0 Å².